The lowest BCUT2D eigenvalue weighted by Crippen LogP contribution is -2.58. The molecule has 1 aliphatic heterocycles. The minimum atomic E-state index is -0.954. The standard InChI is InChI=1S/C26H27NO4/c1-18-15-19(2)22-12-13-27(17-21-9-6-14-31-21,24(28)10-11-25(29)30)26(23(22)16-18)20-7-4-3-5-8-20/h3-9,14-16,26H,10-13,17H2,1-2H3/p+1. The number of carbonyl (C=O) groups excluding carboxylic acids is 1. The van der Waals surface area contributed by atoms with Gasteiger partial charge in [0.05, 0.1) is 25.6 Å². The van der Waals surface area contributed by atoms with Crippen molar-refractivity contribution in [3.05, 3.63) is 94.4 Å². The Hall–Kier alpha value is -3.18. The van der Waals surface area contributed by atoms with Crippen LogP contribution in [0.1, 0.15) is 52.5 Å². The van der Waals surface area contributed by atoms with E-state index in [9.17, 15) is 14.7 Å². The van der Waals surface area contributed by atoms with Crippen molar-refractivity contribution < 1.29 is 23.6 Å². The van der Waals surface area contributed by atoms with Gasteiger partial charge in [0.15, 0.2) is 5.76 Å². The summed E-state index contributed by atoms with van der Waals surface area (Å²) < 4.78 is 5.81. The van der Waals surface area contributed by atoms with Gasteiger partial charge < -0.3 is 9.52 Å². The topological polar surface area (TPSA) is 67.5 Å². The zero-order chi connectivity index (χ0) is 22.0. The van der Waals surface area contributed by atoms with Gasteiger partial charge in [0.25, 0.3) is 0 Å². The molecule has 2 aromatic carbocycles. The van der Waals surface area contributed by atoms with Crippen molar-refractivity contribution in [2.24, 2.45) is 0 Å². The molecular formula is C26H28NO4+. The first-order valence-electron chi connectivity index (χ1n) is 10.7. The van der Waals surface area contributed by atoms with Gasteiger partial charge in [0.1, 0.15) is 12.6 Å². The van der Waals surface area contributed by atoms with Gasteiger partial charge in [-0.25, -0.2) is 9.28 Å². The highest BCUT2D eigenvalue weighted by Crippen LogP contribution is 2.44. The molecular weight excluding hydrogens is 390 g/mol. The average molecular weight is 419 g/mol. The van der Waals surface area contributed by atoms with Gasteiger partial charge in [-0.2, -0.15) is 0 Å². The molecule has 1 aliphatic rings. The lowest BCUT2D eigenvalue weighted by Gasteiger charge is -2.46. The molecule has 2 unspecified atom stereocenters. The molecule has 1 N–H and O–H groups in total. The number of fused-ring (bicyclic) bond motifs is 1. The van der Waals surface area contributed by atoms with E-state index in [1.165, 1.54) is 11.1 Å². The van der Waals surface area contributed by atoms with Crippen LogP contribution in [0.25, 0.3) is 0 Å². The molecule has 31 heavy (non-hydrogen) atoms. The molecule has 0 spiro atoms. The zero-order valence-corrected chi connectivity index (χ0v) is 18.0. The van der Waals surface area contributed by atoms with Gasteiger partial charge in [-0.1, -0.05) is 42.0 Å². The summed E-state index contributed by atoms with van der Waals surface area (Å²) in [5.41, 5.74) is 5.91. The predicted octanol–water partition coefficient (Wildman–Crippen LogP) is 4.95. The van der Waals surface area contributed by atoms with Crippen molar-refractivity contribution in [1.29, 1.82) is 0 Å². The molecule has 2 atom stereocenters. The quantitative estimate of drug-likeness (QED) is 0.575. The molecule has 0 radical (unpaired) electrons. The van der Waals surface area contributed by atoms with E-state index in [1.54, 1.807) is 6.26 Å². The fourth-order valence-corrected chi connectivity index (χ4v) is 5.07. The van der Waals surface area contributed by atoms with Crippen LogP contribution in [0.4, 0.5) is 0 Å². The normalized spacial score (nSPS) is 20.3. The highest BCUT2D eigenvalue weighted by atomic mass is 16.4. The fraction of sp³-hybridized carbons (Fsp3) is 0.308. The van der Waals surface area contributed by atoms with Crippen LogP contribution in [-0.4, -0.2) is 28.0 Å². The number of quaternary nitrogens is 1. The van der Waals surface area contributed by atoms with Gasteiger partial charge in [-0.05, 0) is 43.2 Å². The molecule has 3 aromatic rings. The first-order valence-corrected chi connectivity index (χ1v) is 10.7. The minimum Gasteiger partial charge on any atom is -0.481 e. The van der Waals surface area contributed by atoms with Crippen LogP contribution in [0, 0.1) is 13.8 Å². The van der Waals surface area contributed by atoms with E-state index < -0.39 is 5.97 Å². The molecule has 2 heterocycles. The van der Waals surface area contributed by atoms with Gasteiger partial charge in [-0.15, -0.1) is 0 Å². The monoisotopic (exact) mass is 418 g/mol. The van der Waals surface area contributed by atoms with E-state index in [0.29, 0.717) is 13.1 Å². The van der Waals surface area contributed by atoms with Crippen molar-refractivity contribution in [2.75, 3.05) is 6.54 Å². The molecule has 1 aromatic heterocycles. The molecule has 0 saturated heterocycles. The van der Waals surface area contributed by atoms with Gasteiger partial charge in [0.2, 0.25) is 0 Å². The van der Waals surface area contributed by atoms with Crippen LogP contribution < -0.4 is 0 Å². The Morgan fingerprint density at radius 2 is 1.84 bits per heavy atom. The highest BCUT2D eigenvalue weighted by molar-refractivity contribution is 5.77. The van der Waals surface area contributed by atoms with Crippen LogP contribution in [0.3, 0.4) is 0 Å². The molecule has 1 amide bonds. The Bertz CT molecular complexity index is 1090. The zero-order valence-electron chi connectivity index (χ0n) is 18.0. The van der Waals surface area contributed by atoms with Gasteiger partial charge in [0, 0.05) is 17.5 Å². The molecule has 0 saturated carbocycles. The second kappa shape index (κ2) is 8.52. The first-order chi connectivity index (χ1) is 14.9. The lowest BCUT2D eigenvalue weighted by molar-refractivity contribution is -0.896. The van der Waals surface area contributed by atoms with Gasteiger partial charge >= 0.3 is 11.9 Å². The van der Waals surface area contributed by atoms with Crippen LogP contribution in [0.15, 0.2) is 65.3 Å². The average Bonchev–Trinajstić information content (AvgIpc) is 3.25. The van der Waals surface area contributed by atoms with Crippen molar-refractivity contribution in [1.82, 2.24) is 0 Å². The third-order valence-electron chi connectivity index (χ3n) is 6.38. The lowest BCUT2D eigenvalue weighted by atomic mass is 9.82. The number of aryl methyl sites for hydroxylation is 2. The van der Waals surface area contributed by atoms with E-state index in [1.807, 2.05) is 30.3 Å². The number of carboxylic acid groups (broad SMARTS) is 1. The van der Waals surface area contributed by atoms with Crippen LogP contribution in [0.2, 0.25) is 0 Å². The number of carbonyl (C=O) groups is 2. The SMILES string of the molecule is Cc1cc(C)c2c(c1)C(c1ccccc1)[N+](Cc1ccco1)(C(=O)CCC(=O)O)CC2. The number of nitrogens with zero attached hydrogens (tertiary/aromatic N) is 1. The molecule has 0 bridgehead atoms. The molecule has 5 nitrogen and oxygen atoms in total. The van der Waals surface area contributed by atoms with Crippen molar-refractivity contribution in [3.8, 4) is 0 Å². The van der Waals surface area contributed by atoms with Crippen LogP contribution in [0.5, 0.6) is 0 Å². The maximum atomic E-state index is 13.8. The Morgan fingerprint density at radius 1 is 1.06 bits per heavy atom. The van der Waals surface area contributed by atoms with Crippen LogP contribution in [-0.2, 0) is 22.6 Å². The summed E-state index contributed by atoms with van der Waals surface area (Å²) in [6.07, 6.45) is 2.22. The Morgan fingerprint density at radius 3 is 2.52 bits per heavy atom. The van der Waals surface area contributed by atoms with E-state index in [4.69, 9.17) is 4.42 Å². The van der Waals surface area contributed by atoms with Crippen molar-refractivity contribution >= 4 is 11.9 Å². The second-order valence-corrected chi connectivity index (χ2v) is 8.50. The summed E-state index contributed by atoms with van der Waals surface area (Å²) in [5, 5.41) is 9.24. The Kier molecular flexibility index (Phi) is 5.79. The van der Waals surface area contributed by atoms with E-state index in [2.05, 4.69) is 38.1 Å². The molecule has 5 heteroatoms. The minimum absolute atomic E-state index is 0.000489. The largest absolute Gasteiger partial charge is 0.481 e. The molecule has 0 fully saturated rings. The third kappa shape index (κ3) is 4.06. The maximum Gasteiger partial charge on any atom is 0.315 e. The number of aliphatic carboxylic acids is 1. The number of benzene rings is 2. The predicted molar refractivity (Wildman–Crippen MR) is 117 cm³/mol. The van der Waals surface area contributed by atoms with E-state index >= 15 is 0 Å². The summed E-state index contributed by atoms with van der Waals surface area (Å²) in [5.74, 6) is -0.278. The third-order valence-corrected chi connectivity index (χ3v) is 6.38. The van der Waals surface area contributed by atoms with Crippen molar-refractivity contribution in [3.63, 3.8) is 0 Å². The smallest absolute Gasteiger partial charge is 0.315 e. The second-order valence-electron chi connectivity index (χ2n) is 8.50. The number of carboxylic acids is 1. The van der Waals surface area contributed by atoms with Crippen molar-refractivity contribution in [2.45, 2.75) is 45.7 Å². The summed E-state index contributed by atoms with van der Waals surface area (Å²) in [6.45, 7) is 5.22. The number of hydrogen-bond donors (Lipinski definition) is 1. The molecule has 4 rings (SSSR count). The molecule has 0 aliphatic carbocycles. The van der Waals surface area contributed by atoms with Crippen LogP contribution >= 0.6 is 0 Å². The summed E-state index contributed by atoms with van der Waals surface area (Å²) in [6, 6.07) is 18.0. The summed E-state index contributed by atoms with van der Waals surface area (Å²) in [4.78, 5) is 25.1. The highest BCUT2D eigenvalue weighted by Gasteiger charge is 2.49. The Balaban J connectivity index is 1.92. The Labute approximate surface area is 182 Å². The first kappa shape index (κ1) is 21.1. The molecule has 160 valence electrons. The number of hydrogen-bond acceptors (Lipinski definition) is 3. The summed E-state index contributed by atoms with van der Waals surface area (Å²) in [7, 11) is 0. The number of amides is 1. The van der Waals surface area contributed by atoms with Gasteiger partial charge in [-0.3, -0.25) is 4.79 Å². The maximum absolute atomic E-state index is 13.8. The summed E-state index contributed by atoms with van der Waals surface area (Å²) >= 11 is 0. The van der Waals surface area contributed by atoms with E-state index in [0.717, 1.165) is 28.9 Å². The van der Waals surface area contributed by atoms with E-state index in [-0.39, 0.29) is 29.3 Å². The fourth-order valence-electron chi connectivity index (χ4n) is 5.07. The number of rotatable bonds is 6. The number of furan rings is 1.